The van der Waals surface area contributed by atoms with Crippen molar-refractivity contribution in [2.75, 3.05) is 26.2 Å². The number of allylic oxidation sites excluding steroid dienone is 1. The summed E-state index contributed by atoms with van der Waals surface area (Å²) in [5.41, 5.74) is 1.32. The molecule has 1 fully saturated rings. The highest BCUT2D eigenvalue weighted by Gasteiger charge is 2.39. The summed E-state index contributed by atoms with van der Waals surface area (Å²) >= 11 is 12.5. The number of benzene rings is 1. The van der Waals surface area contributed by atoms with Crippen molar-refractivity contribution >= 4 is 23.2 Å². The first-order valence-electron chi connectivity index (χ1n) is 8.43. The van der Waals surface area contributed by atoms with E-state index in [1.165, 1.54) is 31.5 Å². The molecule has 0 saturated carbocycles. The fraction of sp³-hybridized carbons (Fsp3) is 0.500. The Bertz CT molecular complexity index is 561. The third-order valence-corrected chi connectivity index (χ3v) is 5.60. The first kappa shape index (κ1) is 18.6. The number of halogens is 2. The molecule has 1 unspecified atom stereocenters. The fourth-order valence-electron chi connectivity index (χ4n) is 4.16. The maximum atomic E-state index is 6.42. The molecular weight excluding hydrogens is 325 g/mol. The van der Waals surface area contributed by atoms with Crippen molar-refractivity contribution in [3.63, 3.8) is 0 Å². The molecule has 1 aliphatic rings. The predicted molar refractivity (Wildman–Crippen MR) is 102 cm³/mol. The zero-order valence-corrected chi connectivity index (χ0v) is 15.7. The summed E-state index contributed by atoms with van der Waals surface area (Å²) in [5, 5.41) is 1.46. The summed E-state index contributed by atoms with van der Waals surface area (Å²) in [6.45, 7) is 15.0. The van der Waals surface area contributed by atoms with Crippen molar-refractivity contribution in [1.82, 2.24) is 0 Å². The molecule has 1 aromatic carbocycles. The van der Waals surface area contributed by atoms with Crippen LogP contribution < -0.4 is 0 Å². The molecule has 0 N–H and O–H groups in total. The van der Waals surface area contributed by atoms with Crippen LogP contribution in [0.15, 0.2) is 43.5 Å². The zero-order valence-electron chi connectivity index (χ0n) is 14.2. The van der Waals surface area contributed by atoms with Gasteiger partial charge in [-0.15, -0.1) is 6.58 Å². The van der Waals surface area contributed by atoms with Crippen LogP contribution in [0.2, 0.25) is 10.0 Å². The Hall–Kier alpha value is -0.760. The van der Waals surface area contributed by atoms with Crippen LogP contribution in [-0.2, 0) is 6.42 Å². The number of nitrogens with zero attached hydrogens (tertiary/aromatic N) is 1. The van der Waals surface area contributed by atoms with E-state index in [0.717, 1.165) is 35.4 Å². The molecule has 1 atom stereocenters. The van der Waals surface area contributed by atoms with Crippen molar-refractivity contribution in [2.45, 2.75) is 32.6 Å². The zero-order chi connectivity index (χ0) is 16.9. The number of quaternary nitrogens is 1. The summed E-state index contributed by atoms with van der Waals surface area (Å²) < 4.78 is 1.15. The standard InChI is InChI=1S/C20H28Cl2N/c1-4-10-20(3,15-17-8-9-18(21)14-19(17)22)16-23(11-5-2)12-6-7-13-23/h4-5,8-9,14H,1-2,6-7,10-13,15-16H2,3H3/q+1. The van der Waals surface area contributed by atoms with Gasteiger partial charge in [0, 0.05) is 28.3 Å². The van der Waals surface area contributed by atoms with Crippen LogP contribution in [0.1, 0.15) is 31.7 Å². The van der Waals surface area contributed by atoms with E-state index < -0.39 is 0 Å². The molecule has 23 heavy (non-hydrogen) atoms. The Kier molecular flexibility index (Phi) is 6.36. The van der Waals surface area contributed by atoms with E-state index in [1.807, 2.05) is 18.2 Å². The highest BCUT2D eigenvalue weighted by Crippen LogP contribution is 2.36. The first-order valence-corrected chi connectivity index (χ1v) is 9.18. The van der Waals surface area contributed by atoms with E-state index in [-0.39, 0.29) is 5.41 Å². The van der Waals surface area contributed by atoms with Crippen molar-refractivity contribution in [2.24, 2.45) is 5.41 Å². The molecule has 0 bridgehead atoms. The van der Waals surface area contributed by atoms with Gasteiger partial charge in [-0.05, 0) is 36.6 Å². The molecule has 0 amide bonds. The van der Waals surface area contributed by atoms with Crippen LogP contribution in [0, 0.1) is 5.41 Å². The van der Waals surface area contributed by atoms with E-state index in [2.05, 4.69) is 32.2 Å². The Labute approximate surface area is 151 Å². The number of rotatable bonds is 8. The molecule has 2 rings (SSSR count). The predicted octanol–water partition coefficient (Wildman–Crippen LogP) is 5.91. The second kappa shape index (κ2) is 7.88. The molecule has 1 aliphatic heterocycles. The van der Waals surface area contributed by atoms with Crippen molar-refractivity contribution in [3.05, 3.63) is 59.1 Å². The minimum atomic E-state index is 0.145. The molecule has 1 saturated heterocycles. The van der Waals surface area contributed by atoms with Gasteiger partial charge < -0.3 is 4.48 Å². The lowest BCUT2D eigenvalue weighted by Crippen LogP contribution is -2.52. The molecule has 0 aromatic heterocycles. The number of hydrogen-bond acceptors (Lipinski definition) is 0. The lowest BCUT2D eigenvalue weighted by atomic mass is 9.79. The van der Waals surface area contributed by atoms with Gasteiger partial charge in [0.2, 0.25) is 0 Å². The maximum absolute atomic E-state index is 6.42. The summed E-state index contributed by atoms with van der Waals surface area (Å²) in [6, 6.07) is 5.84. The van der Waals surface area contributed by atoms with Crippen LogP contribution in [0.4, 0.5) is 0 Å². The number of hydrogen-bond donors (Lipinski definition) is 0. The van der Waals surface area contributed by atoms with E-state index in [4.69, 9.17) is 23.2 Å². The summed E-state index contributed by atoms with van der Waals surface area (Å²) in [4.78, 5) is 0. The monoisotopic (exact) mass is 352 g/mol. The summed E-state index contributed by atoms with van der Waals surface area (Å²) in [5.74, 6) is 0. The van der Waals surface area contributed by atoms with Gasteiger partial charge >= 0.3 is 0 Å². The van der Waals surface area contributed by atoms with Crippen molar-refractivity contribution in [3.8, 4) is 0 Å². The Morgan fingerprint density at radius 2 is 1.87 bits per heavy atom. The molecule has 0 spiro atoms. The average Bonchev–Trinajstić information content (AvgIpc) is 2.90. The Morgan fingerprint density at radius 1 is 1.17 bits per heavy atom. The highest BCUT2D eigenvalue weighted by atomic mass is 35.5. The van der Waals surface area contributed by atoms with Gasteiger partial charge in [-0.1, -0.05) is 48.8 Å². The largest absolute Gasteiger partial charge is 0.320 e. The van der Waals surface area contributed by atoms with Gasteiger partial charge in [0.05, 0.1) is 26.2 Å². The molecule has 126 valence electrons. The minimum Gasteiger partial charge on any atom is -0.320 e. The van der Waals surface area contributed by atoms with Crippen LogP contribution in [0.5, 0.6) is 0 Å². The molecule has 3 heteroatoms. The Morgan fingerprint density at radius 3 is 2.43 bits per heavy atom. The van der Waals surface area contributed by atoms with Crippen molar-refractivity contribution < 1.29 is 4.48 Å². The van der Waals surface area contributed by atoms with Crippen LogP contribution in [-0.4, -0.2) is 30.7 Å². The SMILES string of the molecule is C=CCC(C)(Cc1ccc(Cl)cc1Cl)C[N+]1(CC=C)CCCC1. The number of likely N-dealkylation sites (tertiary alicyclic amines) is 1. The molecule has 1 aromatic rings. The second-order valence-electron chi connectivity index (χ2n) is 7.34. The van der Waals surface area contributed by atoms with Gasteiger partial charge in [0.15, 0.2) is 0 Å². The lowest BCUT2D eigenvalue weighted by Gasteiger charge is -2.41. The van der Waals surface area contributed by atoms with E-state index in [0.29, 0.717) is 5.02 Å². The van der Waals surface area contributed by atoms with Gasteiger partial charge in [0.25, 0.3) is 0 Å². The third kappa shape index (κ3) is 4.86. The second-order valence-corrected chi connectivity index (χ2v) is 8.18. The van der Waals surface area contributed by atoms with Crippen molar-refractivity contribution in [1.29, 1.82) is 0 Å². The summed E-state index contributed by atoms with van der Waals surface area (Å²) in [6.07, 6.45) is 8.70. The molecule has 0 aliphatic carbocycles. The van der Waals surface area contributed by atoms with E-state index in [1.54, 1.807) is 0 Å². The minimum absolute atomic E-state index is 0.145. The first-order chi connectivity index (χ1) is 10.9. The third-order valence-electron chi connectivity index (χ3n) is 5.02. The van der Waals surface area contributed by atoms with Gasteiger partial charge in [0.1, 0.15) is 0 Å². The maximum Gasteiger partial charge on any atom is 0.0971 e. The van der Waals surface area contributed by atoms with Gasteiger partial charge in [-0.2, -0.15) is 0 Å². The molecular formula is C20H28Cl2N+. The van der Waals surface area contributed by atoms with Crippen LogP contribution in [0.25, 0.3) is 0 Å². The van der Waals surface area contributed by atoms with Gasteiger partial charge in [-0.3, -0.25) is 0 Å². The highest BCUT2D eigenvalue weighted by molar-refractivity contribution is 6.35. The average molecular weight is 353 g/mol. The van der Waals surface area contributed by atoms with E-state index in [9.17, 15) is 0 Å². The van der Waals surface area contributed by atoms with E-state index >= 15 is 0 Å². The topological polar surface area (TPSA) is 0 Å². The smallest absolute Gasteiger partial charge is 0.0971 e. The van der Waals surface area contributed by atoms with Crippen LogP contribution >= 0.6 is 23.2 Å². The quantitative estimate of drug-likeness (QED) is 0.402. The lowest BCUT2D eigenvalue weighted by molar-refractivity contribution is -0.917. The summed E-state index contributed by atoms with van der Waals surface area (Å²) in [7, 11) is 0. The van der Waals surface area contributed by atoms with Gasteiger partial charge in [-0.25, -0.2) is 0 Å². The van der Waals surface area contributed by atoms with Crippen LogP contribution in [0.3, 0.4) is 0 Å². The fourth-order valence-corrected chi connectivity index (χ4v) is 4.64. The Balaban J connectivity index is 2.23. The molecule has 1 heterocycles. The normalized spacial score (nSPS) is 19.3. The molecule has 1 nitrogen and oxygen atoms in total. The molecule has 0 radical (unpaired) electrons.